The fourth-order valence-corrected chi connectivity index (χ4v) is 2.87. The van der Waals surface area contributed by atoms with Crippen LogP contribution >= 0.6 is 11.3 Å². The minimum Gasteiger partial charge on any atom is -0.496 e. The second kappa shape index (κ2) is 4.96. The quantitative estimate of drug-likeness (QED) is 0.846. The number of hydrogen-bond donors (Lipinski definition) is 1. The van der Waals surface area contributed by atoms with Crippen molar-refractivity contribution in [2.45, 2.75) is 19.5 Å². The summed E-state index contributed by atoms with van der Waals surface area (Å²) < 4.78 is 5.32. The summed E-state index contributed by atoms with van der Waals surface area (Å²) in [5.41, 5.74) is 0. The molecule has 1 N–H and O–H groups in total. The van der Waals surface area contributed by atoms with E-state index in [1.807, 2.05) is 6.07 Å². The van der Waals surface area contributed by atoms with Gasteiger partial charge in [-0.05, 0) is 18.4 Å². The number of piperazine rings is 1. The summed E-state index contributed by atoms with van der Waals surface area (Å²) in [4.78, 5) is 3.82. The molecule has 0 bridgehead atoms. The van der Waals surface area contributed by atoms with Gasteiger partial charge < -0.3 is 10.1 Å². The maximum atomic E-state index is 5.32. The second-order valence-electron chi connectivity index (χ2n) is 4.00. The van der Waals surface area contributed by atoms with E-state index in [-0.39, 0.29) is 0 Å². The molecule has 1 aromatic rings. The molecule has 4 heteroatoms. The Balaban J connectivity index is 1.96. The minimum atomic E-state index is 0.602. The van der Waals surface area contributed by atoms with Gasteiger partial charge in [-0.3, -0.25) is 4.90 Å². The summed E-state index contributed by atoms with van der Waals surface area (Å²) in [5.74, 6) is 1.03. The third-order valence-electron chi connectivity index (χ3n) is 2.74. The number of ether oxygens (including phenoxy) is 1. The molecule has 1 aliphatic heterocycles. The van der Waals surface area contributed by atoms with Crippen LogP contribution in [0.2, 0.25) is 0 Å². The lowest BCUT2D eigenvalue weighted by Gasteiger charge is -2.31. The van der Waals surface area contributed by atoms with Gasteiger partial charge in [0, 0.05) is 32.2 Å². The number of nitrogens with zero attached hydrogens (tertiary/aromatic N) is 1. The molecule has 84 valence electrons. The van der Waals surface area contributed by atoms with Gasteiger partial charge in [-0.15, -0.1) is 11.3 Å². The van der Waals surface area contributed by atoms with Gasteiger partial charge in [-0.1, -0.05) is 0 Å². The molecule has 1 unspecified atom stereocenters. The smallest absolute Gasteiger partial charge is 0.134 e. The Morgan fingerprint density at radius 1 is 1.67 bits per heavy atom. The minimum absolute atomic E-state index is 0.602. The first-order valence-corrected chi connectivity index (χ1v) is 6.23. The first kappa shape index (κ1) is 10.9. The lowest BCUT2D eigenvalue weighted by atomic mass is 10.2. The van der Waals surface area contributed by atoms with Crippen LogP contribution in [-0.2, 0) is 6.54 Å². The van der Waals surface area contributed by atoms with Crippen molar-refractivity contribution in [3.63, 3.8) is 0 Å². The van der Waals surface area contributed by atoms with Crippen LogP contribution < -0.4 is 10.1 Å². The van der Waals surface area contributed by atoms with Gasteiger partial charge in [0.25, 0.3) is 0 Å². The van der Waals surface area contributed by atoms with E-state index in [1.165, 1.54) is 4.88 Å². The molecule has 1 aliphatic rings. The molecule has 1 saturated heterocycles. The Hall–Kier alpha value is -0.580. The molecule has 0 spiro atoms. The lowest BCUT2D eigenvalue weighted by Crippen LogP contribution is -2.48. The highest BCUT2D eigenvalue weighted by atomic mass is 32.1. The summed E-state index contributed by atoms with van der Waals surface area (Å²) in [7, 11) is 1.74. The third kappa shape index (κ3) is 2.71. The summed E-state index contributed by atoms with van der Waals surface area (Å²) in [6.45, 7) is 6.60. The molecule has 1 atom stereocenters. The Morgan fingerprint density at radius 3 is 3.27 bits per heavy atom. The standard InChI is InChI=1S/C11H18N2OS/c1-9-7-13(5-4-12-9)8-11-10(14-2)3-6-15-11/h3,6,9,12H,4-5,7-8H2,1-2H3. The molecule has 0 amide bonds. The molecule has 1 fully saturated rings. The van der Waals surface area contributed by atoms with Crippen molar-refractivity contribution in [1.82, 2.24) is 10.2 Å². The highest BCUT2D eigenvalue weighted by Gasteiger charge is 2.17. The van der Waals surface area contributed by atoms with Crippen LogP contribution in [0.15, 0.2) is 11.4 Å². The lowest BCUT2D eigenvalue weighted by molar-refractivity contribution is 0.199. The Kier molecular flexibility index (Phi) is 3.61. The summed E-state index contributed by atoms with van der Waals surface area (Å²) in [5, 5.41) is 5.55. The Labute approximate surface area is 95.0 Å². The molecule has 0 aliphatic carbocycles. The van der Waals surface area contributed by atoms with Crippen LogP contribution in [-0.4, -0.2) is 37.7 Å². The maximum Gasteiger partial charge on any atom is 0.134 e. The summed E-state index contributed by atoms with van der Waals surface area (Å²) in [6, 6.07) is 2.65. The molecule has 0 aromatic carbocycles. The molecule has 15 heavy (non-hydrogen) atoms. The van der Waals surface area contributed by atoms with Crippen molar-refractivity contribution in [3.05, 3.63) is 16.3 Å². The Bertz CT molecular complexity index is 313. The van der Waals surface area contributed by atoms with E-state index < -0.39 is 0 Å². The van der Waals surface area contributed by atoms with Crippen LogP contribution in [0.5, 0.6) is 5.75 Å². The second-order valence-corrected chi connectivity index (χ2v) is 5.00. The highest BCUT2D eigenvalue weighted by Crippen LogP contribution is 2.26. The molecule has 2 rings (SSSR count). The molecule has 1 aromatic heterocycles. The summed E-state index contributed by atoms with van der Waals surface area (Å²) in [6.07, 6.45) is 0. The van der Waals surface area contributed by atoms with E-state index in [0.717, 1.165) is 31.9 Å². The third-order valence-corrected chi connectivity index (χ3v) is 3.63. The van der Waals surface area contributed by atoms with Gasteiger partial charge >= 0.3 is 0 Å². The molecule has 3 nitrogen and oxygen atoms in total. The van der Waals surface area contributed by atoms with Crippen LogP contribution in [0, 0.1) is 0 Å². The average Bonchev–Trinajstić information content (AvgIpc) is 2.65. The fraction of sp³-hybridized carbons (Fsp3) is 0.636. The zero-order valence-corrected chi connectivity index (χ0v) is 10.1. The van der Waals surface area contributed by atoms with E-state index >= 15 is 0 Å². The molecule has 0 radical (unpaired) electrons. The van der Waals surface area contributed by atoms with Crippen LogP contribution in [0.4, 0.5) is 0 Å². The SMILES string of the molecule is COc1ccsc1CN1CCNC(C)C1. The van der Waals surface area contributed by atoms with E-state index in [2.05, 4.69) is 22.5 Å². The van der Waals surface area contributed by atoms with E-state index in [9.17, 15) is 0 Å². The van der Waals surface area contributed by atoms with Crippen LogP contribution in [0.3, 0.4) is 0 Å². The number of methoxy groups -OCH3 is 1. The number of thiophene rings is 1. The van der Waals surface area contributed by atoms with Crippen molar-refractivity contribution in [3.8, 4) is 5.75 Å². The predicted octanol–water partition coefficient (Wildman–Crippen LogP) is 1.55. The van der Waals surface area contributed by atoms with Gasteiger partial charge in [0.15, 0.2) is 0 Å². The van der Waals surface area contributed by atoms with Gasteiger partial charge in [-0.25, -0.2) is 0 Å². The number of nitrogens with one attached hydrogen (secondary N) is 1. The van der Waals surface area contributed by atoms with Crippen LogP contribution in [0.25, 0.3) is 0 Å². The van der Waals surface area contributed by atoms with E-state index in [0.29, 0.717) is 6.04 Å². The zero-order chi connectivity index (χ0) is 10.7. The van der Waals surface area contributed by atoms with Gasteiger partial charge in [0.1, 0.15) is 5.75 Å². The van der Waals surface area contributed by atoms with E-state index in [4.69, 9.17) is 4.74 Å². The molecular formula is C11H18N2OS. The first-order chi connectivity index (χ1) is 7.29. The molecule has 0 saturated carbocycles. The number of hydrogen-bond acceptors (Lipinski definition) is 4. The van der Waals surface area contributed by atoms with E-state index in [1.54, 1.807) is 18.4 Å². The maximum absolute atomic E-state index is 5.32. The number of rotatable bonds is 3. The van der Waals surface area contributed by atoms with Crippen molar-refractivity contribution in [2.24, 2.45) is 0 Å². The molecule has 2 heterocycles. The largest absolute Gasteiger partial charge is 0.496 e. The first-order valence-electron chi connectivity index (χ1n) is 5.35. The highest BCUT2D eigenvalue weighted by molar-refractivity contribution is 7.10. The Morgan fingerprint density at radius 2 is 2.53 bits per heavy atom. The summed E-state index contributed by atoms with van der Waals surface area (Å²) >= 11 is 1.78. The fourth-order valence-electron chi connectivity index (χ4n) is 1.98. The van der Waals surface area contributed by atoms with Gasteiger partial charge in [-0.2, -0.15) is 0 Å². The predicted molar refractivity (Wildman–Crippen MR) is 63.6 cm³/mol. The van der Waals surface area contributed by atoms with Crippen molar-refractivity contribution < 1.29 is 4.74 Å². The van der Waals surface area contributed by atoms with Crippen molar-refractivity contribution >= 4 is 11.3 Å². The monoisotopic (exact) mass is 226 g/mol. The zero-order valence-electron chi connectivity index (χ0n) is 9.32. The van der Waals surface area contributed by atoms with Crippen molar-refractivity contribution in [1.29, 1.82) is 0 Å². The van der Waals surface area contributed by atoms with Crippen LogP contribution in [0.1, 0.15) is 11.8 Å². The normalized spacial score (nSPS) is 22.9. The average molecular weight is 226 g/mol. The van der Waals surface area contributed by atoms with Crippen molar-refractivity contribution in [2.75, 3.05) is 26.7 Å². The molecular weight excluding hydrogens is 208 g/mol. The van der Waals surface area contributed by atoms with Gasteiger partial charge in [0.05, 0.1) is 12.0 Å². The van der Waals surface area contributed by atoms with Gasteiger partial charge in [0.2, 0.25) is 0 Å². The topological polar surface area (TPSA) is 24.5 Å².